The fourth-order valence-electron chi connectivity index (χ4n) is 0.787. The minimum atomic E-state index is -1.23. The van der Waals surface area contributed by atoms with Crippen LogP contribution in [0.15, 0.2) is 10.9 Å². The average Bonchev–Trinajstić information content (AvgIpc) is 2.05. The summed E-state index contributed by atoms with van der Waals surface area (Å²) < 4.78 is 0. The van der Waals surface area contributed by atoms with Crippen LogP contribution >= 0.6 is 0 Å². The van der Waals surface area contributed by atoms with Crippen LogP contribution in [0.2, 0.25) is 0 Å². The van der Waals surface area contributed by atoms with E-state index >= 15 is 0 Å². The van der Waals surface area contributed by atoms with Crippen LogP contribution in [-0.2, 0) is 6.42 Å². The van der Waals surface area contributed by atoms with Gasteiger partial charge in [-0.05, 0) is 12.5 Å². The summed E-state index contributed by atoms with van der Waals surface area (Å²) in [6.45, 7) is 1.83. The summed E-state index contributed by atoms with van der Waals surface area (Å²) in [6, 6.07) is 1.28. The van der Waals surface area contributed by atoms with Crippen LogP contribution in [-0.4, -0.2) is 21.3 Å². The van der Waals surface area contributed by atoms with E-state index in [1.807, 2.05) is 6.92 Å². The van der Waals surface area contributed by atoms with E-state index in [1.165, 1.54) is 6.07 Å². The Balaban J connectivity index is 3.26. The standard InChI is InChI=1S/C7H8N2O3/c1-2-4-3-5(7(11)12)6(10)9-8-4/h3H,2H2,1H3,(H,9,10)(H,11,12). The molecule has 0 aliphatic heterocycles. The van der Waals surface area contributed by atoms with E-state index in [2.05, 4.69) is 10.2 Å². The highest BCUT2D eigenvalue weighted by atomic mass is 16.4. The third kappa shape index (κ3) is 1.50. The lowest BCUT2D eigenvalue weighted by molar-refractivity contribution is 0.0694. The molecule has 2 N–H and O–H groups in total. The Kier molecular flexibility index (Phi) is 2.23. The topological polar surface area (TPSA) is 83.0 Å². The summed E-state index contributed by atoms with van der Waals surface area (Å²) >= 11 is 0. The van der Waals surface area contributed by atoms with Crippen molar-refractivity contribution in [3.63, 3.8) is 0 Å². The predicted molar refractivity (Wildman–Crippen MR) is 41.2 cm³/mol. The number of nitrogens with zero attached hydrogens (tertiary/aromatic N) is 1. The second-order valence-electron chi connectivity index (χ2n) is 2.26. The number of carboxylic acids is 1. The first-order chi connectivity index (χ1) is 5.65. The van der Waals surface area contributed by atoms with E-state index in [4.69, 9.17) is 5.11 Å². The molecule has 5 heteroatoms. The molecule has 0 aliphatic carbocycles. The molecule has 1 heterocycles. The maximum absolute atomic E-state index is 10.8. The number of hydrogen-bond acceptors (Lipinski definition) is 3. The summed E-state index contributed by atoms with van der Waals surface area (Å²) in [6.07, 6.45) is 0.594. The van der Waals surface area contributed by atoms with E-state index in [-0.39, 0.29) is 5.56 Å². The second-order valence-corrected chi connectivity index (χ2v) is 2.26. The molecule has 1 aromatic rings. The number of aromatic amines is 1. The van der Waals surface area contributed by atoms with Crippen molar-refractivity contribution in [3.8, 4) is 0 Å². The molecule has 0 aliphatic rings. The number of hydrogen-bond donors (Lipinski definition) is 2. The molecule has 0 saturated heterocycles. The fraction of sp³-hybridized carbons (Fsp3) is 0.286. The Morgan fingerprint density at radius 3 is 2.92 bits per heavy atom. The van der Waals surface area contributed by atoms with Gasteiger partial charge in [0, 0.05) is 0 Å². The van der Waals surface area contributed by atoms with Gasteiger partial charge in [0.1, 0.15) is 5.56 Å². The number of carbonyl (C=O) groups is 1. The lowest BCUT2D eigenvalue weighted by atomic mass is 10.2. The van der Waals surface area contributed by atoms with Crippen LogP contribution in [0.25, 0.3) is 0 Å². The van der Waals surface area contributed by atoms with Crippen molar-refractivity contribution in [2.45, 2.75) is 13.3 Å². The molecule has 1 rings (SSSR count). The quantitative estimate of drug-likeness (QED) is 0.652. The van der Waals surface area contributed by atoms with Crippen molar-refractivity contribution in [2.24, 2.45) is 0 Å². The van der Waals surface area contributed by atoms with Gasteiger partial charge in [-0.3, -0.25) is 4.79 Å². The van der Waals surface area contributed by atoms with Crippen LogP contribution in [0.4, 0.5) is 0 Å². The Morgan fingerprint density at radius 1 is 1.75 bits per heavy atom. The van der Waals surface area contributed by atoms with Gasteiger partial charge in [0.15, 0.2) is 0 Å². The van der Waals surface area contributed by atoms with Gasteiger partial charge in [0.2, 0.25) is 0 Å². The first-order valence-corrected chi connectivity index (χ1v) is 3.47. The Labute approximate surface area is 68.1 Å². The zero-order valence-electron chi connectivity index (χ0n) is 6.50. The zero-order valence-corrected chi connectivity index (χ0v) is 6.50. The van der Waals surface area contributed by atoms with E-state index < -0.39 is 11.5 Å². The van der Waals surface area contributed by atoms with E-state index in [0.717, 1.165) is 0 Å². The van der Waals surface area contributed by atoms with Crippen molar-refractivity contribution in [1.29, 1.82) is 0 Å². The molecule has 12 heavy (non-hydrogen) atoms. The largest absolute Gasteiger partial charge is 0.477 e. The number of aryl methyl sites for hydroxylation is 1. The van der Waals surface area contributed by atoms with Gasteiger partial charge in [-0.1, -0.05) is 6.92 Å². The van der Waals surface area contributed by atoms with Crippen molar-refractivity contribution in [3.05, 3.63) is 27.7 Å². The molecule has 0 bridgehead atoms. The summed E-state index contributed by atoms with van der Waals surface area (Å²) in [5.74, 6) is -1.23. The van der Waals surface area contributed by atoms with Crippen LogP contribution in [0.3, 0.4) is 0 Å². The van der Waals surface area contributed by atoms with Crippen molar-refractivity contribution >= 4 is 5.97 Å². The van der Waals surface area contributed by atoms with Crippen LogP contribution in [0.5, 0.6) is 0 Å². The summed E-state index contributed by atoms with van der Waals surface area (Å²) in [4.78, 5) is 21.3. The Morgan fingerprint density at radius 2 is 2.42 bits per heavy atom. The molecule has 1 aromatic heterocycles. The first kappa shape index (κ1) is 8.45. The normalized spacial score (nSPS) is 9.75. The van der Waals surface area contributed by atoms with Gasteiger partial charge in [0.25, 0.3) is 5.56 Å². The number of H-pyrrole nitrogens is 1. The number of nitrogens with one attached hydrogen (secondary N) is 1. The third-order valence-electron chi connectivity index (χ3n) is 1.45. The predicted octanol–water partition coefficient (Wildman–Crippen LogP) is 0.0305. The van der Waals surface area contributed by atoms with Crippen molar-refractivity contribution in [2.75, 3.05) is 0 Å². The monoisotopic (exact) mass is 168 g/mol. The van der Waals surface area contributed by atoms with Gasteiger partial charge in [-0.25, -0.2) is 9.89 Å². The summed E-state index contributed by atoms with van der Waals surface area (Å²) in [7, 11) is 0. The van der Waals surface area contributed by atoms with E-state index in [9.17, 15) is 9.59 Å². The van der Waals surface area contributed by atoms with Gasteiger partial charge < -0.3 is 5.11 Å². The maximum atomic E-state index is 10.8. The van der Waals surface area contributed by atoms with Gasteiger partial charge in [0.05, 0.1) is 5.69 Å². The van der Waals surface area contributed by atoms with Gasteiger partial charge >= 0.3 is 5.97 Å². The maximum Gasteiger partial charge on any atom is 0.341 e. The van der Waals surface area contributed by atoms with Gasteiger partial charge in [-0.2, -0.15) is 5.10 Å². The highest BCUT2D eigenvalue weighted by Crippen LogP contribution is 1.95. The third-order valence-corrected chi connectivity index (χ3v) is 1.45. The van der Waals surface area contributed by atoms with Gasteiger partial charge in [-0.15, -0.1) is 0 Å². The molecule has 0 aromatic carbocycles. The highest BCUT2D eigenvalue weighted by molar-refractivity contribution is 5.87. The number of aromatic carboxylic acids is 1. The zero-order chi connectivity index (χ0) is 9.14. The Bertz CT molecular complexity index is 356. The molecular formula is C7H8N2O3. The molecule has 0 unspecified atom stereocenters. The molecule has 64 valence electrons. The molecule has 0 radical (unpaired) electrons. The number of rotatable bonds is 2. The molecular weight excluding hydrogens is 160 g/mol. The van der Waals surface area contributed by atoms with Crippen LogP contribution < -0.4 is 5.56 Å². The smallest absolute Gasteiger partial charge is 0.341 e. The minimum Gasteiger partial charge on any atom is -0.477 e. The van der Waals surface area contributed by atoms with E-state index in [0.29, 0.717) is 12.1 Å². The van der Waals surface area contributed by atoms with Crippen LogP contribution in [0.1, 0.15) is 23.0 Å². The fourth-order valence-corrected chi connectivity index (χ4v) is 0.787. The Hall–Kier alpha value is -1.65. The summed E-state index contributed by atoms with van der Waals surface area (Å²) in [5, 5.41) is 14.3. The molecule has 0 saturated carbocycles. The lowest BCUT2D eigenvalue weighted by Gasteiger charge is -1.95. The van der Waals surface area contributed by atoms with E-state index in [1.54, 1.807) is 0 Å². The highest BCUT2D eigenvalue weighted by Gasteiger charge is 2.08. The summed E-state index contributed by atoms with van der Waals surface area (Å²) in [5.41, 5.74) is -0.367. The van der Waals surface area contributed by atoms with Crippen LogP contribution in [0, 0.1) is 0 Å². The van der Waals surface area contributed by atoms with Crippen molar-refractivity contribution in [1.82, 2.24) is 10.2 Å². The SMILES string of the molecule is CCc1cc(C(=O)O)c(=O)[nH]n1. The molecule has 0 atom stereocenters. The molecule has 0 spiro atoms. The minimum absolute atomic E-state index is 0.262. The second kappa shape index (κ2) is 3.17. The first-order valence-electron chi connectivity index (χ1n) is 3.47. The molecule has 0 fully saturated rings. The lowest BCUT2D eigenvalue weighted by Crippen LogP contribution is -2.19. The molecule has 0 amide bonds. The average molecular weight is 168 g/mol. The number of aromatic nitrogens is 2. The van der Waals surface area contributed by atoms with Crippen molar-refractivity contribution < 1.29 is 9.90 Å². The molecule has 5 nitrogen and oxygen atoms in total. The number of carboxylic acid groups (broad SMARTS) is 1.